The maximum Gasteiger partial charge on any atom is 0.139 e. The van der Waals surface area contributed by atoms with Crippen LogP contribution < -0.4 is 0 Å². The van der Waals surface area contributed by atoms with E-state index in [1.807, 2.05) is 0 Å². The zero-order valence-corrected chi connectivity index (χ0v) is 18.0. The lowest BCUT2D eigenvalue weighted by atomic mass is 9.48. The minimum absolute atomic E-state index is 0.0465. The summed E-state index contributed by atoms with van der Waals surface area (Å²) in [5, 5.41) is 0. The van der Waals surface area contributed by atoms with Crippen molar-refractivity contribution in [1.82, 2.24) is 0 Å². The standard InChI is InChI=1S/C23H35O2S/c1-22-10-8-17(25-3)13-16(22)6-7-18-19(22)9-11-23(2)20(24)12-15(21(18)23)14-26(4)5/h6,13,15,18-19,21H,7-12,14H2,1-5H3/q+1/t15?,18?,19?,21?,22-,23+/m0/s1. The largest absolute Gasteiger partial charge is 0.501 e. The second kappa shape index (κ2) is 6.43. The second-order valence-corrected chi connectivity index (χ2v) is 12.2. The molecule has 0 spiro atoms. The first-order valence-corrected chi connectivity index (χ1v) is 12.5. The van der Waals surface area contributed by atoms with Gasteiger partial charge in [0.05, 0.1) is 25.4 Å². The number of allylic oxidation sites excluding steroid dienone is 4. The monoisotopic (exact) mass is 375 g/mol. The molecule has 4 aliphatic carbocycles. The fourth-order valence-electron chi connectivity index (χ4n) is 7.10. The van der Waals surface area contributed by atoms with Crippen LogP contribution in [0.5, 0.6) is 0 Å². The molecule has 0 amide bonds. The molecule has 2 saturated carbocycles. The van der Waals surface area contributed by atoms with Crippen LogP contribution in [0, 0.1) is 34.5 Å². The molecule has 3 heteroatoms. The molecular formula is C23H35O2S+. The van der Waals surface area contributed by atoms with E-state index < -0.39 is 0 Å². The zero-order valence-electron chi connectivity index (χ0n) is 17.1. The predicted octanol–water partition coefficient (Wildman–Crippen LogP) is 4.76. The summed E-state index contributed by atoms with van der Waals surface area (Å²) in [6.07, 6.45) is 16.1. The zero-order chi connectivity index (χ0) is 18.7. The summed E-state index contributed by atoms with van der Waals surface area (Å²) >= 11 is 0. The summed E-state index contributed by atoms with van der Waals surface area (Å²) in [7, 11) is 2.22. The highest BCUT2D eigenvalue weighted by atomic mass is 32.2. The van der Waals surface area contributed by atoms with Crippen molar-refractivity contribution >= 4 is 16.7 Å². The second-order valence-electron chi connectivity index (χ2n) is 9.92. The number of fused-ring (bicyclic) bond motifs is 5. The van der Waals surface area contributed by atoms with Gasteiger partial charge in [-0.2, -0.15) is 0 Å². The maximum absolute atomic E-state index is 13.0. The van der Waals surface area contributed by atoms with Crippen LogP contribution in [0.1, 0.15) is 52.4 Å². The number of carbonyl (C=O) groups is 1. The van der Waals surface area contributed by atoms with E-state index in [2.05, 4.69) is 38.5 Å². The average molecular weight is 376 g/mol. The Morgan fingerprint density at radius 1 is 1.23 bits per heavy atom. The molecule has 0 heterocycles. The third kappa shape index (κ3) is 2.64. The number of hydrogen-bond acceptors (Lipinski definition) is 2. The van der Waals surface area contributed by atoms with Crippen molar-refractivity contribution in [2.45, 2.75) is 52.4 Å². The van der Waals surface area contributed by atoms with Crippen molar-refractivity contribution in [2.24, 2.45) is 34.5 Å². The van der Waals surface area contributed by atoms with E-state index in [0.717, 1.165) is 37.4 Å². The lowest BCUT2D eigenvalue weighted by Crippen LogP contribution is -2.51. The Morgan fingerprint density at radius 2 is 2.00 bits per heavy atom. The van der Waals surface area contributed by atoms with Gasteiger partial charge in [0.2, 0.25) is 0 Å². The first kappa shape index (κ1) is 18.7. The average Bonchev–Trinajstić information content (AvgIpc) is 2.84. The first-order chi connectivity index (χ1) is 12.3. The van der Waals surface area contributed by atoms with Gasteiger partial charge in [-0.1, -0.05) is 19.9 Å². The fourth-order valence-corrected chi connectivity index (χ4v) is 8.28. The van der Waals surface area contributed by atoms with Gasteiger partial charge in [0.25, 0.3) is 0 Å². The molecule has 0 radical (unpaired) electrons. The molecule has 0 saturated heterocycles. The van der Waals surface area contributed by atoms with E-state index in [4.69, 9.17) is 4.74 Å². The van der Waals surface area contributed by atoms with Crippen LogP contribution in [0.15, 0.2) is 23.5 Å². The summed E-state index contributed by atoms with van der Waals surface area (Å²) in [5.41, 5.74) is 1.74. The Hall–Kier alpha value is -0.700. The molecule has 0 N–H and O–H groups in total. The summed E-state index contributed by atoms with van der Waals surface area (Å²) in [5.74, 6) is 5.61. The molecule has 0 aromatic carbocycles. The molecule has 2 fully saturated rings. The molecule has 0 aromatic rings. The third-order valence-corrected chi connectivity index (χ3v) is 9.48. The molecule has 4 aliphatic rings. The van der Waals surface area contributed by atoms with Crippen LogP contribution in [0.3, 0.4) is 0 Å². The van der Waals surface area contributed by atoms with Gasteiger partial charge in [0.15, 0.2) is 0 Å². The Morgan fingerprint density at radius 3 is 2.69 bits per heavy atom. The number of Topliss-reactive ketones (excluding diaryl/α,β-unsaturated/α-hetero) is 1. The van der Waals surface area contributed by atoms with Crippen LogP contribution in [0.2, 0.25) is 0 Å². The Bertz CT molecular complexity index is 663. The highest BCUT2D eigenvalue weighted by Gasteiger charge is 2.61. The van der Waals surface area contributed by atoms with Crippen molar-refractivity contribution in [3.63, 3.8) is 0 Å². The van der Waals surface area contributed by atoms with Gasteiger partial charge in [-0.15, -0.1) is 0 Å². The van der Waals surface area contributed by atoms with Crippen LogP contribution >= 0.6 is 0 Å². The highest BCUT2D eigenvalue weighted by Crippen LogP contribution is 2.65. The first-order valence-electron chi connectivity index (χ1n) is 10.3. The van der Waals surface area contributed by atoms with E-state index in [0.29, 0.717) is 34.4 Å². The van der Waals surface area contributed by atoms with Crippen LogP contribution in [-0.4, -0.2) is 31.2 Å². The van der Waals surface area contributed by atoms with Gasteiger partial charge in [-0.05, 0) is 71.4 Å². The van der Waals surface area contributed by atoms with E-state index in [-0.39, 0.29) is 10.8 Å². The van der Waals surface area contributed by atoms with E-state index in [1.54, 1.807) is 7.11 Å². The summed E-state index contributed by atoms with van der Waals surface area (Å²) < 4.78 is 5.56. The highest BCUT2D eigenvalue weighted by molar-refractivity contribution is 7.95. The molecule has 0 bridgehead atoms. The molecule has 4 rings (SSSR count). The number of hydrogen-bond donors (Lipinski definition) is 0. The van der Waals surface area contributed by atoms with Crippen molar-refractivity contribution in [3.05, 3.63) is 23.5 Å². The van der Waals surface area contributed by atoms with Crippen LogP contribution in [0.25, 0.3) is 0 Å². The van der Waals surface area contributed by atoms with Crippen molar-refractivity contribution in [2.75, 3.05) is 25.4 Å². The SMILES string of the molecule is COC1=CC2=CCC3C(CC[C@]4(C)C(=O)CC(C[S+](C)C)C34)[C@@]2(C)CC1. The van der Waals surface area contributed by atoms with Gasteiger partial charge in [-0.25, -0.2) is 0 Å². The molecule has 0 aromatic heterocycles. The van der Waals surface area contributed by atoms with Gasteiger partial charge >= 0.3 is 0 Å². The van der Waals surface area contributed by atoms with E-state index in [9.17, 15) is 4.79 Å². The Labute approximate surface area is 162 Å². The predicted molar refractivity (Wildman–Crippen MR) is 110 cm³/mol. The van der Waals surface area contributed by atoms with Crippen LogP contribution in [0.4, 0.5) is 0 Å². The molecule has 2 nitrogen and oxygen atoms in total. The van der Waals surface area contributed by atoms with Crippen molar-refractivity contribution < 1.29 is 9.53 Å². The van der Waals surface area contributed by atoms with Gasteiger partial charge in [0, 0.05) is 24.2 Å². The van der Waals surface area contributed by atoms with Crippen molar-refractivity contribution in [3.8, 4) is 0 Å². The fraction of sp³-hybridized carbons (Fsp3) is 0.783. The lowest BCUT2D eigenvalue weighted by molar-refractivity contribution is -0.131. The quantitative estimate of drug-likeness (QED) is 0.665. The molecule has 6 atom stereocenters. The third-order valence-electron chi connectivity index (χ3n) is 8.39. The molecule has 0 aliphatic heterocycles. The minimum atomic E-state index is -0.0465. The van der Waals surface area contributed by atoms with E-state index in [1.165, 1.54) is 24.2 Å². The summed E-state index contributed by atoms with van der Waals surface area (Å²) in [6.45, 7) is 4.81. The molecule has 144 valence electrons. The smallest absolute Gasteiger partial charge is 0.139 e. The summed E-state index contributed by atoms with van der Waals surface area (Å²) in [6, 6.07) is 0. The van der Waals surface area contributed by atoms with Gasteiger partial charge in [-0.3, -0.25) is 4.79 Å². The topological polar surface area (TPSA) is 26.3 Å². The molecule has 26 heavy (non-hydrogen) atoms. The Kier molecular flexibility index (Phi) is 4.61. The molecular weight excluding hydrogens is 340 g/mol. The number of rotatable bonds is 3. The molecule has 4 unspecified atom stereocenters. The van der Waals surface area contributed by atoms with Gasteiger partial charge < -0.3 is 4.74 Å². The normalized spacial score (nSPS) is 44.8. The van der Waals surface area contributed by atoms with E-state index >= 15 is 0 Å². The number of ether oxygens (including phenoxy) is 1. The Balaban J connectivity index is 1.70. The summed E-state index contributed by atoms with van der Waals surface area (Å²) in [4.78, 5) is 13.0. The van der Waals surface area contributed by atoms with Crippen LogP contribution in [-0.2, 0) is 20.4 Å². The minimum Gasteiger partial charge on any atom is -0.501 e. The van der Waals surface area contributed by atoms with Gasteiger partial charge in [0.1, 0.15) is 11.5 Å². The lowest BCUT2D eigenvalue weighted by Gasteiger charge is -2.56. The number of methoxy groups -OCH3 is 1. The maximum atomic E-state index is 13.0. The number of ketones is 1. The number of carbonyl (C=O) groups excluding carboxylic acids is 1. The van der Waals surface area contributed by atoms with Crippen molar-refractivity contribution in [1.29, 1.82) is 0 Å².